The van der Waals surface area contributed by atoms with Crippen LogP contribution in [0.3, 0.4) is 0 Å². The summed E-state index contributed by atoms with van der Waals surface area (Å²) >= 11 is 0. The van der Waals surface area contributed by atoms with E-state index in [4.69, 9.17) is 4.74 Å². The molecule has 0 saturated carbocycles. The van der Waals surface area contributed by atoms with E-state index in [1.807, 2.05) is 42.5 Å². The van der Waals surface area contributed by atoms with E-state index in [0.717, 1.165) is 5.56 Å². The van der Waals surface area contributed by atoms with Crippen molar-refractivity contribution in [3.8, 4) is 0 Å². The predicted octanol–water partition coefficient (Wildman–Crippen LogP) is 1.77. The van der Waals surface area contributed by atoms with Gasteiger partial charge >= 0.3 is 5.97 Å². The van der Waals surface area contributed by atoms with Crippen LogP contribution < -0.4 is 0 Å². The quantitative estimate of drug-likeness (QED) is 0.769. The Labute approximate surface area is 94.4 Å². The highest BCUT2D eigenvalue weighted by molar-refractivity contribution is 5.71. The predicted molar refractivity (Wildman–Crippen MR) is 60.6 cm³/mol. The lowest BCUT2D eigenvalue weighted by molar-refractivity contribution is -0.156. The van der Waals surface area contributed by atoms with Gasteiger partial charge < -0.3 is 9.84 Å². The fraction of sp³-hybridized carbons (Fsp3) is 0.308. The van der Waals surface area contributed by atoms with Gasteiger partial charge in [-0.1, -0.05) is 36.4 Å². The van der Waals surface area contributed by atoms with Gasteiger partial charge in [-0.2, -0.15) is 0 Å². The summed E-state index contributed by atoms with van der Waals surface area (Å²) in [6, 6.07) is 9.78. The van der Waals surface area contributed by atoms with E-state index in [2.05, 4.69) is 0 Å². The van der Waals surface area contributed by atoms with E-state index in [-0.39, 0.29) is 18.5 Å². The maximum absolute atomic E-state index is 11.1. The second-order valence-electron chi connectivity index (χ2n) is 3.89. The Morgan fingerprint density at radius 1 is 1.31 bits per heavy atom. The van der Waals surface area contributed by atoms with E-state index >= 15 is 0 Å². The minimum atomic E-state index is -0.577. The molecule has 2 rings (SSSR count). The highest BCUT2D eigenvalue weighted by Crippen LogP contribution is 2.16. The summed E-state index contributed by atoms with van der Waals surface area (Å²) in [7, 11) is 0. The standard InChI is InChI=1S/C13H14O3/c14-11-8-12(16-13(15)9-11)7-6-10-4-2-1-3-5-10/h1-7,11-12,14H,8-9H2. The van der Waals surface area contributed by atoms with Gasteiger partial charge in [-0.05, 0) is 11.6 Å². The van der Waals surface area contributed by atoms with Gasteiger partial charge in [-0.15, -0.1) is 0 Å². The summed E-state index contributed by atoms with van der Waals surface area (Å²) in [4.78, 5) is 11.1. The third kappa shape index (κ3) is 2.94. The highest BCUT2D eigenvalue weighted by Gasteiger charge is 2.25. The number of cyclic esters (lactones) is 1. The highest BCUT2D eigenvalue weighted by atomic mass is 16.5. The summed E-state index contributed by atoms with van der Waals surface area (Å²) < 4.78 is 5.09. The van der Waals surface area contributed by atoms with Crippen molar-refractivity contribution >= 4 is 12.0 Å². The molecule has 0 amide bonds. The first-order chi connectivity index (χ1) is 7.74. The zero-order chi connectivity index (χ0) is 11.4. The lowest BCUT2D eigenvalue weighted by Crippen LogP contribution is -2.31. The lowest BCUT2D eigenvalue weighted by atomic mass is 10.0. The zero-order valence-corrected chi connectivity index (χ0v) is 8.87. The first-order valence-corrected chi connectivity index (χ1v) is 5.35. The normalized spacial score (nSPS) is 25.7. The summed E-state index contributed by atoms with van der Waals surface area (Å²) in [5.74, 6) is -0.332. The van der Waals surface area contributed by atoms with Gasteiger partial charge in [0.25, 0.3) is 0 Å². The van der Waals surface area contributed by atoms with Gasteiger partial charge in [0.05, 0.1) is 12.5 Å². The molecule has 1 heterocycles. The fourth-order valence-electron chi connectivity index (χ4n) is 1.71. The van der Waals surface area contributed by atoms with Crippen LogP contribution in [0.15, 0.2) is 36.4 Å². The SMILES string of the molecule is O=C1CC(O)CC(C=Cc2ccccc2)O1. The van der Waals surface area contributed by atoms with E-state index in [0.29, 0.717) is 6.42 Å². The minimum Gasteiger partial charge on any atom is -0.458 e. The first-order valence-electron chi connectivity index (χ1n) is 5.35. The molecule has 1 fully saturated rings. The molecule has 1 aromatic rings. The van der Waals surface area contributed by atoms with E-state index in [1.54, 1.807) is 0 Å². The molecule has 3 heteroatoms. The van der Waals surface area contributed by atoms with Crippen molar-refractivity contribution in [3.63, 3.8) is 0 Å². The third-order valence-corrected chi connectivity index (χ3v) is 2.49. The molecule has 1 aromatic carbocycles. The molecule has 16 heavy (non-hydrogen) atoms. The monoisotopic (exact) mass is 218 g/mol. The van der Waals surface area contributed by atoms with Crippen LogP contribution in [0.5, 0.6) is 0 Å². The summed E-state index contributed by atoms with van der Waals surface area (Å²) in [5, 5.41) is 9.41. The van der Waals surface area contributed by atoms with E-state index in [9.17, 15) is 9.90 Å². The van der Waals surface area contributed by atoms with Crippen LogP contribution in [-0.4, -0.2) is 23.3 Å². The van der Waals surface area contributed by atoms with Crippen LogP contribution in [0.2, 0.25) is 0 Å². The van der Waals surface area contributed by atoms with Gasteiger partial charge in [0.1, 0.15) is 6.10 Å². The molecule has 0 spiro atoms. The smallest absolute Gasteiger partial charge is 0.309 e. The average Bonchev–Trinajstić information content (AvgIpc) is 2.27. The van der Waals surface area contributed by atoms with Crippen molar-refractivity contribution < 1.29 is 14.6 Å². The van der Waals surface area contributed by atoms with Crippen LogP contribution in [0, 0.1) is 0 Å². The first kappa shape index (κ1) is 10.9. The average molecular weight is 218 g/mol. The summed E-state index contributed by atoms with van der Waals surface area (Å²) in [6.07, 6.45) is 3.42. The molecular weight excluding hydrogens is 204 g/mol. The number of esters is 1. The van der Waals surface area contributed by atoms with Gasteiger partial charge in [0.15, 0.2) is 0 Å². The van der Waals surface area contributed by atoms with Crippen molar-refractivity contribution in [3.05, 3.63) is 42.0 Å². The Bertz CT molecular complexity index is 383. The van der Waals surface area contributed by atoms with Gasteiger partial charge in [-0.25, -0.2) is 0 Å². The van der Waals surface area contributed by atoms with E-state index in [1.165, 1.54) is 0 Å². The van der Waals surface area contributed by atoms with Gasteiger partial charge in [-0.3, -0.25) is 4.79 Å². The van der Waals surface area contributed by atoms with Crippen LogP contribution >= 0.6 is 0 Å². The molecule has 1 saturated heterocycles. The molecule has 1 N–H and O–H groups in total. The molecule has 0 aromatic heterocycles. The maximum Gasteiger partial charge on any atom is 0.309 e. The van der Waals surface area contributed by atoms with Crippen LogP contribution in [-0.2, 0) is 9.53 Å². The van der Waals surface area contributed by atoms with Crippen molar-refractivity contribution in [2.45, 2.75) is 25.0 Å². The van der Waals surface area contributed by atoms with Gasteiger partial charge in [0, 0.05) is 6.42 Å². The Kier molecular flexibility index (Phi) is 3.37. The van der Waals surface area contributed by atoms with Crippen LogP contribution in [0.1, 0.15) is 18.4 Å². The Morgan fingerprint density at radius 3 is 2.75 bits per heavy atom. The summed E-state index contributed by atoms with van der Waals surface area (Å²) in [6.45, 7) is 0. The number of ether oxygens (including phenoxy) is 1. The van der Waals surface area contributed by atoms with E-state index < -0.39 is 6.10 Å². The number of aliphatic hydroxyl groups excluding tert-OH is 1. The van der Waals surface area contributed by atoms with Crippen molar-refractivity contribution in [2.24, 2.45) is 0 Å². The number of aliphatic hydroxyl groups is 1. The number of hydrogen-bond acceptors (Lipinski definition) is 3. The molecule has 1 aliphatic heterocycles. The third-order valence-electron chi connectivity index (χ3n) is 2.49. The molecule has 0 radical (unpaired) electrons. The topological polar surface area (TPSA) is 46.5 Å². The minimum absolute atomic E-state index is 0.107. The molecule has 84 valence electrons. The molecule has 0 bridgehead atoms. The molecule has 0 aliphatic carbocycles. The van der Waals surface area contributed by atoms with Crippen LogP contribution in [0.4, 0.5) is 0 Å². The zero-order valence-electron chi connectivity index (χ0n) is 8.87. The lowest BCUT2D eigenvalue weighted by Gasteiger charge is -2.23. The fourth-order valence-corrected chi connectivity index (χ4v) is 1.71. The Morgan fingerprint density at radius 2 is 2.06 bits per heavy atom. The second-order valence-corrected chi connectivity index (χ2v) is 3.89. The molecular formula is C13H14O3. The van der Waals surface area contributed by atoms with Crippen molar-refractivity contribution in [1.82, 2.24) is 0 Å². The maximum atomic E-state index is 11.1. The number of hydrogen-bond donors (Lipinski definition) is 1. The number of carbonyl (C=O) groups excluding carboxylic acids is 1. The number of benzene rings is 1. The molecule has 3 nitrogen and oxygen atoms in total. The molecule has 1 aliphatic rings. The Balaban J connectivity index is 1.99. The second kappa shape index (κ2) is 4.94. The van der Waals surface area contributed by atoms with Crippen molar-refractivity contribution in [1.29, 1.82) is 0 Å². The van der Waals surface area contributed by atoms with Gasteiger partial charge in [0.2, 0.25) is 0 Å². The summed E-state index contributed by atoms with van der Waals surface area (Å²) in [5.41, 5.74) is 1.05. The molecule has 2 atom stereocenters. The largest absolute Gasteiger partial charge is 0.458 e. The van der Waals surface area contributed by atoms with Crippen LogP contribution in [0.25, 0.3) is 6.08 Å². The van der Waals surface area contributed by atoms with Crippen molar-refractivity contribution in [2.75, 3.05) is 0 Å². The Hall–Kier alpha value is -1.61. The number of rotatable bonds is 2. The molecule has 2 unspecified atom stereocenters. The number of carbonyl (C=O) groups is 1.